The van der Waals surface area contributed by atoms with Crippen molar-refractivity contribution in [1.82, 2.24) is 0 Å². The van der Waals surface area contributed by atoms with E-state index in [-0.39, 0.29) is 10.7 Å². The van der Waals surface area contributed by atoms with Gasteiger partial charge in [-0.15, -0.1) is 0 Å². The van der Waals surface area contributed by atoms with E-state index in [4.69, 9.17) is 16.3 Å². The van der Waals surface area contributed by atoms with Crippen LogP contribution in [0.25, 0.3) is 4.85 Å². The highest BCUT2D eigenvalue weighted by Gasteiger charge is 2.31. The van der Waals surface area contributed by atoms with Gasteiger partial charge in [-0.05, 0) is 46.8 Å². The van der Waals surface area contributed by atoms with Crippen molar-refractivity contribution >= 4 is 17.3 Å². The van der Waals surface area contributed by atoms with Crippen molar-refractivity contribution in [1.29, 1.82) is 0 Å². The van der Waals surface area contributed by atoms with Gasteiger partial charge in [-0.2, -0.15) is 13.2 Å². The maximum absolute atomic E-state index is 12.7. The molecule has 6 heteroatoms. The molecule has 27 heavy (non-hydrogen) atoms. The molecule has 0 heterocycles. The molecule has 0 aliphatic heterocycles. The molecule has 0 unspecified atom stereocenters. The summed E-state index contributed by atoms with van der Waals surface area (Å²) < 4.78 is 43.7. The Bertz CT molecular complexity index is 992. The normalized spacial score (nSPS) is 10.8. The zero-order valence-electron chi connectivity index (χ0n) is 14.0. The predicted molar refractivity (Wildman–Crippen MR) is 100 cm³/mol. The summed E-state index contributed by atoms with van der Waals surface area (Å²) in [4.78, 5) is 4.05. The molecule has 3 aromatic carbocycles. The average molecular weight is 389 g/mol. The maximum atomic E-state index is 12.7. The van der Waals surface area contributed by atoms with Gasteiger partial charge in [0.1, 0.15) is 22.9 Å². The van der Waals surface area contributed by atoms with Gasteiger partial charge >= 0.3 is 11.9 Å². The van der Waals surface area contributed by atoms with Crippen LogP contribution in [0.4, 0.5) is 18.9 Å². The minimum Gasteiger partial charge on any atom is -0.457 e. The highest BCUT2D eigenvalue weighted by Crippen LogP contribution is 2.34. The van der Waals surface area contributed by atoms with Gasteiger partial charge in [0, 0.05) is 6.07 Å². The minimum absolute atomic E-state index is 0.0708. The fourth-order valence-corrected chi connectivity index (χ4v) is 2.56. The summed E-state index contributed by atoms with van der Waals surface area (Å²) in [7, 11) is 0. The number of ether oxygens (including phenoxy) is 1. The molecule has 3 rings (SSSR count). The number of hydrogen-bond donors (Lipinski definition) is 0. The smallest absolute Gasteiger partial charge is 0.416 e. The molecule has 3 aromatic rings. The largest absolute Gasteiger partial charge is 0.457 e. The van der Waals surface area contributed by atoms with Crippen LogP contribution in [-0.2, 0) is 12.6 Å². The monoisotopic (exact) mass is 388 g/mol. The van der Waals surface area contributed by atoms with Crippen molar-refractivity contribution < 1.29 is 17.9 Å². The molecule has 0 aromatic heterocycles. The fraction of sp³-hybridized carbons (Fsp3) is 0.0952. The van der Waals surface area contributed by atoms with Crippen molar-refractivity contribution in [2.24, 2.45) is 0 Å². The quantitative estimate of drug-likeness (QED) is 0.457. The Morgan fingerprint density at radius 2 is 1.63 bits per heavy atom. The highest BCUT2D eigenvalue weighted by atomic mass is 35.5. The maximum Gasteiger partial charge on any atom is 0.416 e. The van der Waals surface area contributed by atoms with Crippen LogP contribution in [0, 0.1) is 6.07 Å². The van der Waals surface area contributed by atoms with Crippen molar-refractivity contribution in [2.45, 2.75) is 12.6 Å². The highest BCUT2D eigenvalue weighted by molar-refractivity contribution is 6.33. The van der Waals surface area contributed by atoms with E-state index in [9.17, 15) is 13.2 Å². The van der Waals surface area contributed by atoms with E-state index < -0.39 is 11.7 Å². The van der Waals surface area contributed by atoms with Gasteiger partial charge in [0.25, 0.3) is 6.07 Å². The number of hydrogen-bond acceptors (Lipinski definition) is 1. The number of benzene rings is 3. The minimum atomic E-state index is -4.44. The number of halogens is 4. The summed E-state index contributed by atoms with van der Waals surface area (Å²) >= 11 is 5.88. The molecule has 0 saturated heterocycles. The SMILES string of the molecule is FC(F)(F)c1ccc([N+]#CCc2cccc(Oc3ccccc3)c2)c(Cl)c1. The summed E-state index contributed by atoms with van der Waals surface area (Å²) in [5.41, 5.74) is 0.328. The number of nitrogens with zero attached hydrogens (tertiary/aromatic N) is 1. The lowest BCUT2D eigenvalue weighted by Gasteiger charge is -2.05. The van der Waals surface area contributed by atoms with Gasteiger partial charge in [0.15, 0.2) is 0 Å². The molecule has 0 radical (unpaired) electrons. The second kappa shape index (κ2) is 8.15. The van der Waals surface area contributed by atoms with Crippen LogP contribution in [0.2, 0.25) is 5.02 Å². The molecule has 2 nitrogen and oxygen atoms in total. The van der Waals surface area contributed by atoms with Gasteiger partial charge in [-0.1, -0.05) is 41.9 Å². The standard InChI is InChI=1S/C21H14ClF3NO/c22-19-14-16(21(23,24)25)9-10-20(19)26-12-11-15-5-4-8-18(13-15)27-17-6-2-1-3-7-17/h1-10,13-14H,11H2/q+1. The summed E-state index contributed by atoms with van der Waals surface area (Å²) in [5.74, 6) is 1.40. The van der Waals surface area contributed by atoms with Crippen LogP contribution in [-0.4, -0.2) is 0 Å². The molecule has 0 amide bonds. The van der Waals surface area contributed by atoms with E-state index in [0.29, 0.717) is 12.2 Å². The van der Waals surface area contributed by atoms with E-state index in [1.165, 1.54) is 6.07 Å². The summed E-state index contributed by atoms with van der Waals surface area (Å²) in [6.07, 6.45) is -4.07. The molecule has 136 valence electrons. The van der Waals surface area contributed by atoms with Crippen LogP contribution in [0.15, 0.2) is 72.8 Å². The molecule has 0 fully saturated rings. The molecule has 0 bridgehead atoms. The van der Waals surface area contributed by atoms with Crippen molar-refractivity contribution in [3.63, 3.8) is 0 Å². The van der Waals surface area contributed by atoms with E-state index in [2.05, 4.69) is 10.9 Å². The Hall–Kier alpha value is -2.97. The number of alkyl halides is 3. The Balaban J connectivity index is 1.70. The summed E-state index contributed by atoms with van der Waals surface area (Å²) in [5, 5.41) is -0.0708. The lowest BCUT2D eigenvalue weighted by atomic mass is 10.1. The molecule has 0 saturated carbocycles. The first-order valence-corrected chi connectivity index (χ1v) is 8.42. The Labute approximate surface area is 159 Å². The Morgan fingerprint density at radius 3 is 2.33 bits per heavy atom. The van der Waals surface area contributed by atoms with Gasteiger partial charge in [-0.3, -0.25) is 0 Å². The molecule has 0 N–H and O–H groups in total. The lowest BCUT2D eigenvalue weighted by molar-refractivity contribution is -0.137. The first-order chi connectivity index (χ1) is 12.9. The van der Waals surface area contributed by atoms with Crippen molar-refractivity contribution in [2.75, 3.05) is 0 Å². The molecule has 0 aliphatic carbocycles. The molecule has 0 spiro atoms. The van der Waals surface area contributed by atoms with Crippen molar-refractivity contribution in [3.05, 3.63) is 93.8 Å². The van der Waals surface area contributed by atoms with Crippen LogP contribution < -0.4 is 4.74 Å². The molecular formula is C21H14ClF3NO+. The third-order valence-electron chi connectivity index (χ3n) is 3.64. The first kappa shape index (κ1) is 18.8. The molecule has 0 aliphatic rings. The Kier molecular flexibility index (Phi) is 5.68. The van der Waals surface area contributed by atoms with Crippen LogP contribution >= 0.6 is 11.6 Å². The second-order valence-corrected chi connectivity index (χ2v) is 6.08. The lowest BCUT2D eigenvalue weighted by Crippen LogP contribution is -2.03. The zero-order chi connectivity index (χ0) is 19.3. The third-order valence-corrected chi connectivity index (χ3v) is 3.94. The van der Waals surface area contributed by atoms with Crippen LogP contribution in [0.5, 0.6) is 11.5 Å². The van der Waals surface area contributed by atoms with Crippen LogP contribution in [0.1, 0.15) is 11.1 Å². The van der Waals surface area contributed by atoms with E-state index >= 15 is 0 Å². The van der Waals surface area contributed by atoms with Gasteiger partial charge in [0.05, 0.1) is 5.56 Å². The van der Waals surface area contributed by atoms with Crippen molar-refractivity contribution in [3.8, 4) is 17.6 Å². The average Bonchev–Trinajstić information content (AvgIpc) is 2.63. The first-order valence-electron chi connectivity index (χ1n) is 8.04. The Morgan fingerprint density at radius 1 is 0.889 bits per heavy atom. The molecular weight excluding hydrogens is 375 g/mol. The van der Waals surface area contributed by atoms with Gasteiger partial charge in [0.2, 0.25) is 0 Å². The fourth-order valence-electron chi connectivity index (χ4n) is 2.33. The van der Waals surface area contributed by atoms with Gasteiger partial charge < -0.3 is 4.74 Å². The molecule has 0 atom stereocenters. The number of rotatable bonds is 3. The number of para-hydroxylation sites is 1. The van der Waals surface area contributed by atoms with Crippen LogP contribution in [0.3, 0.4) is 0 Å². The zero-order valence-corrected chi connectivity index (χ0v) is 14.8. The van der Waals surface area contributed by atoms with Gasteiger partial charge in [-0.25, -0.2) is 0 Å². The second-order valence-electron chi connectivity index (χ2n) is 5.67. The topological polar surface area (TPSA) is 13.6 Å². The summed E-state index contributed by atoms with van der Waals surface area (Å²) in [6, 6.07) is 22.6. The third kappa shape index (κ3) is 5.25. The van der Waals surface area contributed by atoms with E-state index in [1.54, 1.807) is 0 Å². The predicted octanol–water partition coefficient (Wildman–Crippen LogP) is 7.36. The van der Waals surface area contributed by atoms with E-state index in [0.717, 1.165) is 23.4 Å². The summed E-state index contributed by atoms with van der Waals surface area (Å²) in [6.45, 7) is 0. The van der Waals surface area contributed by atoms with E-state index in [1.807, 2.05) is 54.6 Å².